The molecular formula is C23H29N3O2. The molecule has 5 nitrogen and oxygen atoms in total. The molecule has 148 valence electrons. The fraction of sp³-hybridized carbons (Fsp3) is 0.435. The van der Waals surface area contributed by atoms with E-state index in [0.29, 0.717) is 6.61 Å². The van der Waals surface area contributed by atoms with Crippen LogP contribution in [0.2, 0.25) is 0 Å². The van der Waals surface area contributed by atoms with Gasteiger partial charge in [0, 0.05) is 38.4 Å². The van der Waals surface area contributed by atoms with Crippen LogP contribution in [0.4, 0.5) is 5.69 Å². The summed E-state index contributed by atoms with van der Waals surface area (Å²) < 4.78 is 5.73. The summed E-state index contributed by atoms with van der Waals surface area (Å²) in [5.41, 5.74) is 2.44. The number of benzene rings is 2. The van der Waals surface area contributed by atoms with Crippen LogP contribution in [0.15, 0.2) is 54.6 Å². The Morgan fingerprint density at radius 3 is 2.57 bits per heavy atom. The van der Waals surface area contributed by atoms with Gasteiger partial charge in [0.15, 0.2) is 0 Å². The average molecular weight is 380 g/mol. The van der Waals surface area contributed by atoms with E-state index in [1.54, 1.807) is 0 Å². The van der Waals surface area contributed by atoms with Gasteiger partial charge in [-0.15, -0.1) is 0 Å². The summed E-state index contributed by atoms with van der Waals surface area (Å²) in [6.07, 6.45) is 1.75. The Kier molecular flexibility index (Phi) is 6.12. The van der Waals surface area contributed by atoms with Crippen molar-refractivity contribution in [3.05, 3.63) is 60.2 Å². The zero-order chi connectivity index (χ0) is 19.2. The van der Waals surface area contributed by atoms with E-state index in [9.17, 15) is 4.79 Å². The lowest BCUT2D eigenvalue weighted by Crippen LogP contribution is -2.47. The largest absolute Gasteiger partial charge is 0.492 e. The molecule has 2 aliphatic heterocycles. The number of anilines is 1. The number of hydrogen-bond acceptors (Lipinski definition) is 4. The molecule has 0 bridgehead atoms. The van der Waals surface area contributed by atoms with Gasteiger partial charge in [-0.3, -0.25) is 9.69 Å². The van der Waals surface area contributed by atoms with Crippen LogP contribution < -0.4 is 15.0 Å². The third-order valence-electron chi connectivity index (χ3n) is 5.69. The van der Waals surface area contributed by atoms with Gasteiger partial charge >= 0.3 is 0 Å². The first-order chi connectivity index (χ1) is 13.8. The van der Waals surface area contributed by atoms with E-state index >= 15 is 0 Å². The topological polar surface area (TPSA) is 44.8 Å². The first kappa shape index (κ1) is 18.8. The molecule has 0 unspecified atom stereocenters. The van der Waals surface area contributed by atoms with E-state index < -0.39 is 0 Å². The van der Waals surface area contributed by atoms with E-state index in [4.69, 9.17) is 4.74 Å². The maximum Gasteiger partial charge on any atom is 0.226 e. The number of carbonyl (C=O) groups is 1. The summed E-state index contributed by atoms with van der Waals surface area (Å²) in [5.74, 6) is 0.953. The zero-order valence-corrected chi connectivity index (χ0v) is 16.3. The van der Waals surface area contributed by atoms with Gasteiger partial charge in [0.25, 0.3) is 0 Å². The third-order valence-corrected chi connectivity index (χ3v) is 5.69. The van der Waals surface area contributed by atoms with E-state index in [2.05, 4.69) is 45.4 Å². The first-order valence-electron chi connectivity index (χ1n) is 10.3. The Labute approximate surface area is 167 Å². The van der Waals surface area contributed by atoms with E-state index in [-0.39, 0.29) is 11.8 Å². The molecule has 1 saturated heterocycles. The van der Waals surface area contributed by atoms with Crippen LogP contribution in [-0.4, -0.2) is 56.7 Å². The standard InChI is InChI=1S/C23H29N3O2/c27-23(20-17-19-7-4-5-10-22(19)28-18-20)24-11-6-12-25-13-15-26(16-14-25)21-8-2-1-3-9-21/h1-5,7-10,20H,6,11-18H2,(H,24,27)/t20-/m1/s1. The van der Waals surface area contributed by atoms with E-state index in [1.807, 2.05) is 24.3 Å². The molecule has 5 heteroatoms. The fourth-order valence-corrected chi connectivity index (χ4v) is 4.02. The minimum atomic E-state index is -0.0793. The van der Waals surface area contributed by atoms with Gasteiger partial charge < -0.3 is 15.0 Å². The van der Waals surface area contributed by atoms with Gasteiger partial charge in [-0.1, -0.05) is 36.4 Å². The second-order valence-corrected chi connectivity index (χ2v) is 7.63. The molecule has 0 saturated carbocycles. The number of hydrogen-bond donors (Lipinski definition) is 1. The SMILES string of the molecule is O=C(NCCCN1CCN(c2ccccc2)CC1)[C@H]1COc2ccccc2C1. The smallest absolute Gasteiger partial charge is 0.226 e. The zero-order valence-electron chi connectivity index (χ0n) is 16.3. The van der Waals surface area contributed by atoms with Gasteiger partial charge in [0.1, 0.15) is 12.4 Å². The number of piperazine rings is 1. The van der Waals surface area contributed by atoms with E-state index in [1.165, 1.54) is 5.69 Å². The Morgan fingerprint density at radius 2 is 1.75 bits per heavy atom. The molecular weight excluding hydrogens is 350 g/mol. The molecule has 2 heterocycles. The minimum Gasteiger partial charge on any atom is -0.492 e. The van der Waals surface area contributed by atoms with Gasteiger partial charge in [-0.2, -0.15) is 0 Å². The van der Waals surface area contributed by atoms with Gasteiger partial charge in [-0.05, 0) is 43.1 Å². The van der Waals surface area contributed by atoms with Gasteiger partial charge in [-0.25, -0.2) is 0 Å². The molecule has 1 fully saturated rings. The summed E-state index contributed by atoms with van der Waals surface area (Å²) >= 11 is 0. The highest BCUT2D eigenvalue weighted by molar-refractivity contribution is 5.79. The van der Waals surface area contributed by atoms with Gasteiger partial charge in [0.05, 0.1) is 5.92 Å². The van der Waals surface area contributed by atoms with Crippen molar-refractivity contribution in [3.8, 4) is 5.75 Å². The summed E-state index contributed by atoms with van der Waals surface area (Å²) in [4.78, 5) is 17.4. The second kappa shape index (κ2) is 9.11. The van der Waals surface area contributed by atoms with Crippen molar-refractivity contribution < 1.29 is 9.53 Å². The molecule has 1 N–H and O–H groups in total. The lowest BCUT2D eigenvalue weighted by Gasteiger charge is -2.36. The number of nitrogens with one attached hydrogen (secondary N) is 1. The molecule has 0 spiro atoms. The monoisotopic (exact) mass is 379 g/mol. The van der Waals surface area contributed by atoms with Crippen molar-refractivity contribution in [3.63, 3.8) is 0 Å². The van der Waals surface area contributed by atoms with Gasteiger partial charge in [0.2, 0.25) is 5.91 Å². The molecule has 28 heavy (non-hydrogen) atoms. The fourth-order valence-electron chi connectivity index (χ4n) is 4.02. The van der Waals surface area contributed by atoms with Crippen molar-refractivity contribution >= 4 is 11.6 Å². The third kappa shape index (κ3) is 4.65. The molecule has 1 amide bonds. The Balaban J connectivity index is 1.13. The van der Waals surface area contributed by atoms with Crippen LogP contribution in [0.25, 0.3) is 0 Å². The average Bonchev–Trinajstić information content (AvgIpc) is 2.77. The molecule has 4 rings (SSSR count). The van der Waals surface area contributed by atoms with Crippen LogP contribution in [0.3, 0.4) is 0 Å². The molecule has 0 aromatic heterocycles. The molecule has 2 aromatic carbocycles. The van der Waals surface area contributed by atoms with Crippen molar-refractivity contribution in [1.82, 2.24) is 10.2 Å². The number of rotatable bonds is 6. The van der Waals surface area contributed by atoms with Crippen LogP contribution in [0, 0.1) is 5.92 Å². The molecule has 0 radical (unpaired) electrons. The molecule has 0 aliphatic carbocycles. The second-order valence-electron chi connectivity index (χ2n) is 7.63. The van der Waals surface area contributed by atoms with Crippen LogP contribution >= 0.6 is 0 Å². The Bertz CT molecular complexity index is 772. The summed E-state index contributed by atoms with van der Waals surface area (Å²) in [7, 11) is 0. The highest BCUT2D eigenvalue weighted by atomic mass is 16.5. The van der Waals surface area contributed by atoms with Crippen molar-refractivity contribution in [2.24, 2.45) is 5.92 Å². The Hall–Kier alpha value is -2.53. The summed E-state index contributed by atoms with van der Waals surface area (Å²) in [6, 6.07) is 18.6. The van der Waals surface area contributed by atoms with Crippen molar-refractivity contribution in [2.75, 3.05) is 50.8 Å². The molecule has 1 atom stereocenters. The lowest BCUT2D eigenvalue weighted by atomic mass is 9.96. The number of nitrogens with zero attached hydrogens (tertiary/aromatic N) is 2. The molecule has 2 aromatic rings. The highest BCUT2D eigenvalue weighted by Crippen LogP contribution is 2.26. The van der Waals surface area contributed by atoms with Crippen LogP contribution in [-0.2, 0) is 11.2 Å². The summed E-state index contributed by atoms with van der Waals surface area (Å²) in [5, 5.41) is 3.10. The van der Waals surface area contributed by atoms with Crippen LogP contribution in [0.1, 0.15) is 12.0 Å². The quantitative estimate of drug-likeness (QED) is 0.784. The maximum absolute atomic E-state index is 12.4. The van der Waals surface area contributed by atoms with Crippen molar-refractivity contribution in [2.45, 2.75) is 12.8 Å². The number of para-hydroxylation sites is 2. The number of ether oxygens (including phenoxy) is 1. The first-order valence-corrected chi connectivity index (χ1v) is 10.3. The molecule has 2 aliphatic rings. The minimum absolute atomic E-state index is 0.0793. The number of carbonyl (C=O) groups excluding carboxylic acids is 1. The number of amides is 1. The number of fused-ring (bicyclic) bond motifs is 1. The summed E-state index contributed by atoms with van der Waals surface area (Å²) in [6.45, 7) is 6.53. The van der Waals surface area contributed by atoms with Crippen molar-refractivity contribution in [1.29, 1.82) is 0 Å². The normalized spacial score (nSPS) is 19.6. The predicted molar refractivity (Wildman–Crippen MR) is 112 cm³/mol. The Morgan fingerprint density at radius 1 is 1.00 bits per heavy atom. The highest BCUT2D eigenvalue weighted by Gasteiger charge is 2.25. The predicted octanol–water partition coefficient (Wildman–Crippen LogP) is 2.57. The maximum atomic E-state index is 12.4. The van der Waals surface area contributed by atoms with Crippen LogP contribution in [0.5, 0.6) is 5.75 Å². The lowest BCUT2D eigenvalue weighted by molar-refractivity contribution is -0.126. The van der Waals surface area contributed by atoms with E-state index in [0.717, 1.165) is 63.4 Å².